The van der Waals surface area contributed by atoms with Crippen molar-refractivity contribution in [3.8, 4) is 5.75 Å². The molecule has 1 aliphatic carbocycles. The van der Waals surface area contributed by atoms with Crippen LogP contribution >= 0.6 is 0 Å². The Kier molecular flexibility index (Phi) is 4.02. The number of amides is 1. The van der Waals surface area contributed by atoms with Crippen LogP contribution in [-0.2, 0) is 0 Å². The molecule has 1 saturated carbocycles. The molecule has 92 valence electrons. The van der Waals surface area contributed by atoms with E-state index in [2.05, 4.69) is 5.32 Å². The minimum absolute atomic E-state index is 0.00143. The average Bonchev–Trinajstić information content (AvgIpc) is 2.27. The highest BCUT2D eigenvalue weighted by Gasteiger charge is 2.18. The third-order valence-electron chi connectivity index (χ3n) is 3.18. The second-order valence-corrected chi connectivity index (χ2v) is 4.47. The van der Waals surface area contributed by atoms with Gasteiger partial charge >= 0.3 is 0 Å². The Labute approximate surface area is 102 Å². The van der Waals surface area contributed by atoms with Gasteiger partial charge in [-0.25, -0.2) is 0 Å². The van der Waals surface area contributed by atoms with Crippen molar-refractivity contribution >= 4 is 5.91 Å². The molecule has 17 heavy (non-hydrogen) atoms. The van der Waals surface area contributed by atoms with Crippen LogP contribution in [-0.4, -0.2) is 19.1 Å². The summed E-state index contributed by atoms with van der Waals surface area (Å²) in [5.41, 5.74) is 0.676. The van der Waals surface area contributed by atoms with Crippen LogP contribution < -0.4 is 10.1 Å². The van der Waals surface area contributed by atoms with E-state index in [0.29, 0.717) is 18.1 Å². The second kappa shape index (κ2) is 5.71. The van der Waals surface area contributed by atoms with Gasteiger partial charge in [-0.15, -0.1) is 0 Å². The van der Waals surface area contributed by atoms with Crippen molar-refractivity contribution in [2.24, 2.45) is 5.92 Å². The quantitative estimate of drug-likeness (QED) is 0.849. The van der Waals surface area contributed by atoms with Gasteiger partial charge in [0.05, 0.1) is 6.61 Å². The fourth-order valence-electron chi connectivity index (χ4n) is 1.93. The number of nitrogens with one attached hydrogen (secondary N) is 1. The molecule has 0 unspecified atom stereocenters. The van der Waals surface area contributed by atoms with Crippen LogP contribution in [0.2, 0.25) is 0 Å². The Balaban J connectivity index is 1.90. The summed E-state index contributed by atoms with van der Waals surface area (Å²) < 4.78 is 5.37. The van der Waals surface area contributed by atoms with Gasteiger partial charge in [0.15, 0.2) is 0 Å². The standard InChI is InChI=1S/C14H19NO2/c1-2-17-13-8-4-7-12(9-13)14(16)15-10-11-5-3-6-11/h4,7-9,11H,2-3,5-6,10H2,1H3,(H,15,16). The van der Waals surface area contributed by atoms with Gasteiger partial charge in [0.25, 0.3) is 5.91 Å². The molecule has 1 N–H and O–H groups in total. The van der Waals surface area contributed by atoms with Crippen LogP contribution in [0.15, 0.2) is 24.3 Å². The Bertz CT molecular complexity index is 386. The van der Waals surface area contributed by atoms with E-state index in [-0.39, 0.29) is 5.91 Å². The molecule has 0 radical (unpaired) electrons. The van der Waals surface area contributed by atoms with E-state index in [0.717, 1.165) is 12.3 Å². The number of carbonyl (C=O) groups excluding carboxylic acids is 1. The van der Waals surface area contributed by atoms with Crippen LogP contribution in [0.3, 0.4) is 0 Å². The summed E-state index contributed by atoms with van der Waals surface area (Å²) in [5, 5.41) is 2.98. The number of benzene rings is 1. The zero-order valence-electron chi connectivity index (χ0n) is 10.2. The van der Waals surface area contributed by atoms with E-state index >= 15 is 0 Å². The molecule has 1 aromatic carbocycles. The van der Waals surface area contributed by atoms with E-state index in [1.165, 1.54) is 19.3 Å². The van der Waals surface area contributed by atoms with Crippen LogP contribution in [0.5, 0.6) is 5.75 Å². The summed E-state index contributed by atoms with van der Waals surface area (Å²) in [4.78, 5) is 11.9. The van der Waals surface area contributed by atoms with E-state index in [1.807, 2.05) is 25.1 Å². The van der Waals surface area contributed by atoms with Crippen LogP contribution in [0.25, 0.3) is 0 Å². The van der Waals surface area contributed by atoms with Gasteiger partial charge in [0.2, 0.25) is 0 Å². The molecule has 1 aromatic rings. The van der Waals surface area contributed by atoms with Crippen molar-refractivity contribution in [2.45, 2.75) is 26.2 Å². The lowest BCUT2D eigenvalue weighted by atomic mass is 9.85. The number of ether oxygens (including phenoxy) is 1. The largest absolute Gasteiger partial charge is 0.494 e. The molecule has 1 amide bonds. The Morgan fingerprint density at radius 1 is 1.47 bits per heavy atom. The zero-order chi connectivity index (χ0) is 12.1. The molecule has 0 atom stereocenters. The average molecular weight is 233 g/mol. The summed E-state index contributed by atoms with van der Waals surface area (Å²) in [7, 11) is 0. The Morgan fingerprint density at radius 2 is 2.29 bits per heavy atom. The molecule has 2 rings (SSSR count). The number of carbonyl (C=O) groups is 1. The molecule has 0 heterocycles. The zero-order valence-corrected chi connectivity index (χ0v) is 10.2. The monoisotopic (exact) mass is 233 g/mol. The number of hydrogen-bond donors (Lipinski definition) is 1. The van der Waals surface area contributed by atoms with Crippen molar-refractivity contribution in [1.29, 1.82) is 0 Å². The lowest BCUT2D eigenvalue weighted by molar-refractivity contribution is 0.0938. The molecule has 1 fully saturated rings. The predicted octanol–water partition coefficient (Wildman–Crippen LogP) is 2.62. The first-order valence-electron chi connectivity index (χ1n) is 6.30. The first-order chi connectivity index (χ1) is 8.29. The molecule has 3 heteroatoms. The molecular weight excluding hydrogens is 214 g/mol. The second-order valence-electron chi connectivity index (χ2n) is 4.47. The summed E-state index contributed by atoms with van der Waals surface area (Å²) in [6.45, 7) is 3.36. The van der Waals surface area contributed by atoms with E-state index in [9.17, 15) is 4.79 Å². The van der Waals surface area contributed by atoms with Gasteiger partial charge in [0, 0.05) is 12.1 Å². The molecule has 0 aromatic heterocycles. The highest BCUT2D eigenvalue weighted by Crippen LogP contribution is 2.25. The number of hydrogen-bond acceptors (Lipinski definition) is 2. The molecule has 1 aliphatic rings. The number of rotatable bonds is 5. The first kappa shape index (κ1) is 12.0. The SMILES string of the molecule is CCOc1cccc(C(=O)NCC2CCC2)c1. The van der Waals surface area contributed by atoms with E-state index < -0.39 is 0 Å². The summed E-state index contributed by atoms with van der Waals surface area (Å²) in [6, 6.07) is 7.33. The van der Waals surface area contributed by atoms with Gasteiger partial charge in [0.1, 0.15) is 5.75 Å². The van der Waals surface area contributed by atoms with Gasteiger partial charge in [-0.3, -0.25) is 4.79 Å². The van der Waals surface area contributed by atoms with Crippen molar-refractivity contribution in [2.75, 3.05) is 13.2 Å². The molecule has 0 aliphatic heterocycles. The highest BCUT2D eigenvalue weighted by molar-refractivity contribution is 5.94. The van der Waals surface area contributed by atoms with Crippen molar-refractivity contribution in [3.05, 3.63) is 29.8 Å². The smallest absolute Gasteiger partial charge is 0.251 e. The van der Waals surface area contributed by atoms with Crippen LogP contribution in [0, 0.1) is 5.92 Å². The maximum Gasteiger partial charge on any atom is 0.251 e. The maximum absolute atomic E-state index is 11.9. The summed E-state index contributed by atoms with van der Waals surface area (Å²) in [5.74, 6) is 1.44. The lowest BCUT2D eigenvalue weighted by Crippen LogP contribution is -2.32. The fourth-order valence-corrected chi connectivity index (χ4v) is 1.93. The minimum Gasteiger partial charge on any atom is -0.494 e. The normalized spacial score (nSPS) is 15.1. The summed E-state index contributed by atoms with van der Waals surface area (Å²) in [6.07, 6.45) is 3.80. The van der Waals surface area contributed by atoms with Crippen LogP contribution in [0.1, 0.15) is 36.5 Å². The third kappa shape index (κ3) is 3.22. The van der Waals surface area contributed by atoms with Crippen molar-refractivity contribution < 1.29 is 9.53 Å². The van der Waals surface area contributed by atoms with Crippen molar-refractivity contribution in [1.82, 2.24) is 5.32 Å². The maximum atomic E-state index is 11.9. The van der Waals surface area contributed by atoms with Crippen LogP contribution in [0.4, 0.5) is 0 Å². The Morgan fingerprint density at radius 3 is 2.94 bits per heavy atom. The van der Waals surface area contributed by atoms with E-state index in [4.69, 9.17) is 4.74 Å². The predicted molar refractivity (Wildman–Crippen MR) is 67.3 cm³/mol. The van der Waals surface area contributed by atoms with Gasteiger partial charge in [-0.1, -0.05) is 12.5 Å². The Hall–Kier alpha value is -1.51. The van der Waals surface area contributed by atoms with Crippen molar-refractivity contribution in [3.63, 3.8) is 0 Å². The third-order valence-corrected chi connectivity index (χ3v) is 3.18. The highest BCUT2D eigenvalue weighted by atomic mass is 16.5. The molecular formula is C14H19NO2. The van der Waals surface area contributed by atoms with Gasteiger partial charge < -0.3 is 10.1 Å². The van der Waals surface area contributed by atoms with E-state index in [1.54, 1.807) is 6.07 Å². The first-order valence-corrected chi connectivity index (χ1v) is 6.30. The summed E-state index contributed by atoms with van der Waals surface area (Å²) >= 11 is 0. The topological polar surface area (TPSA) is 38.3 Å². The molecule has 0 saturated heterocycles. The fraction of sp³-hybridized carbons (Fsp3) is 0.500. The lowest BCUT2D eigenvalue weighted by Gasteiger charge is -2.25. The molecule has 0 spiro atoms. The minimum atomic E-state index is -0.00143. The van der Waals surface area contributed by atoms with Gasteiger partial charge in [-0.2, -0.15) is 0 Å². The molecule has 0 bridgehead atoms. The van der Waals surface area contributed by atoms with Gasteiger partial charge in [-0.05, 0) is 43.9 Å². The molecule has 3 nitrogen and oxygen atoms in total.